The molecule has 30 heavy (non-hydrogen) atoms. The summed E-state index contributed by atoms with van der Waals surface area (Å²) >= 11 is 5.88. The van der Waals surface area contributed by atoms with E-state index in [0.29, 0.717) is 41.6 Å². The number of benzene rings is 2. The van der Waals surface area contributed by atoms with Gasteiger partial charge in [0.05, 0.1) is 6.61 Å². The maximum absolute atomic E-state index is 11.3. The molecule has 8 nitrogen and oxygen atoms in total. The highest BCUT2D eigenvalue weighted by molar-refractivity contribution is 6.30. The fraction of sp³-hybridized carbons (Fsp3) is 0.238. The molecule has 0 spiro atoms. The minimum atomic E-state index is -0.452. The predicted octanol–water partition coefficient (Wildman–Crippen LogP) is 2.75. The summed E-state index contributed by atoms with van der Waals surface area (Å²) in [6, 6.07) is 14.5. The number of nitrogens with two attached hydrogens (primary N) is 1. The Morgan fingerprint density at radius 2 is 2.00 bits per heavy atom. The van der Waals surface area contributed by atoms with Gasteiger partial charge in [-0.05, 0) is 42.0 Å². The zero-order valence-corrected chi connectivity index (χ0v) is 16.9. The number of primary amides is 1. The maximum Gasteiger partial charge on any atom is 0.248 e. The molecule has 0 unspecified atom stereocenters. The summed E-state index contributed by atoms with van der Waals surface area (Å²) in [5, 5.41) is 3.85. The Hall–Kier alpha value is -3.39. The first-order valence-electron chi connectivity index (χ1n) is 9.52. The second-order valence-corrected chi connectivity index (χ2v) is 7.50. The van der Waals surface area contributed by atoms with E-state index in [-0.39, 0.29) is 0 Å². The fourth-order valence-corrected chi connectivity index (χ4v) is 3.25. The average Bonchev–Trinajstić information content (AvgIpc) is 2.73. The number of hydrogen-bond donors (Lipinski definition) is 2. The molecule has 0 bridgehead atoms. The van der Waals surface area contributed by atoms with Crippen LogP contribution in [0.4, 0.5) is 11.9 Å². The van der Waals surface area contributed by atoms with Crippen LogP contribution in [0.1, 0.15) is 15.9 Å². The molecule has 1 fully saturated rings. The second-order valence-electron chi connectivity index (χ2n) is 7.06. The lowest BCUT2D eigenvalue weighted by molar-refractivity contribution is 0.1000. The van der Waals surface area contributed by atoms with Gasteiger partial charge in [-0.25, -0.2) is 9.97 Å². The number of amides is 1. The van der Waals surface area contributed by atoms with Gasteiger partial charge in [0.2, 0.25) is 17.8 Å². The molecule has 2 aromatic carbocycles. The minimum Gasteiger partial charge on any atom is -0.493 e. The number of carbonyl (C=O) groups excluding carboxylic acids is 1. The number of rotatable bonds is 8. The van der Waals surface area contributed by atoms with Gasteiger partial charge >= 0.3 is 0 Å². The number of nitrogens with zero attached hydrogens (tertiary/aromatic N) is 4. The average molecular weight is 425 g/mol. The lowest BCUT2D eigenvalue weighted by Gasteiger charge is -2.38. The molecule has 0 aliphatic carbocycles. The number of ether oxygens (including phenoxy) is 1. The molecule has 4 rings (SSSR count). The number of aromatic nitrogens is 3. The Bertz CT molecular complexity index is 1020. The van der Waals surface area contributed by atoms with E-state index < -0.39 is 5.91 Å². The van der Waals surface area contributed by atoms with Gasteiger partial charge in [-0.2, -0.15) is 4.98 Å². The van der Waals surface area contributed by atoms with Gasteiger partial charge < -0.3 is 20.7 Å². The molecule has 1 aliphatic heterocycles. The van der Waals surface area contributed by atoms with E-state index in [2.05, 4.69) is 25.2 Å². The van der Waals surface area contributed by atoms with Crippen molar-refractivity contribution in [3.05, 3.63) is 71.0 Å². The zero-order chi connectivity index (χ0) is 20.9. The van der Waals surface area contributed by atoms with Crippen LogP contribution in [0.25, 0.3) is 0 Å². The summed E-state index contributed by atoms with van der Waals surface area (Å²) in [6.45, 7) is 2.74. The molecule has 3 aromatic rings. The van der Waals surface area contributed by atoms with Crippen LogP contribution in [0.2, 0.25) is 5.02 Å². The van der Waals surface area contributed by atoms with Crippen molar-refractivity contribution >= 4 is 29.4 Å². The van der Waals surface area contributed by atoms with E-state index in [1.54, 1.807) is 18.2 Å². The molecule has 1 amide bonds. The minimum absolute atomic E-state index is 0.408. The van der Waals surface area contributed by atoms with E-state index in [1.165, 1.54) is 6.33 Å². The van der Waals surface area contributed by atoms with Crippen LogP contribution in [0.5, 0.6) is 5.75 Å². The van der Waals surface area contributed by atoms with Crippen LogP contribution in [-0.4, -0.2) is 40.6 Å². The third kappa shape index (κ3) is 4.96. The lowest BCUT2D eigenvalue weighted by Crippen LogP contribution is -2.50. The standard InChI is InChI=1S/C21H21ClN6O2/c22-17-4-6-18(7-5-17)30-12-15-10-28(11-15)21-26-13-25-20(27-21)24-9-14-2-1-3-16(8-14)19(23)29/h1-8,13,15H,9-12H2,(H2,23,29)(H,24,25,26,27). The molecule has 0 atom stereocenters. The van der Waals surface area contributed by atoms with Gasteiger partial charge in [-0.3, -0.25) is 4.79 Å². The van der Waals surface area contributed by atoms with Crippen LogP contribution < -0.4 is 20.7 Å². The largest absolute Gasteiger partial charge is 0.493 e. The first-order chi connectivity index (χ1) is 14.6. The maximum atomic E-state index is 11.3. The Morgan fingerprint density at radius 1 is 1.20 bits per heavy atom. The molecule has 0 saturated carbocycles. The van der Waals surface area contributed by atoms with Crippen molar-refractivity contribution in [3.8, 4) is 5.75 Å². The van der Waals surface area contributed by atoms with Gasteiger partial charge in [0.25, 0.3) is 0 Å². The Kier molecular flexibility index (Phi) is 5.94. The van der Waals surface area contributed by atoms with E-state index in [4.69, 9.17) is 22.1 Å². The fourth-order valence-electron chi connectivity index (χ4n) is 3.12. The highest BCUT2D eigenvalue weighted by Crippen LogP contribution is 2.23. The number of anilines is 2. The van der Waals surface area contributed by atoms with Crippen LogP contribution in [0.3, 0.4) is 0 Å². The summed E-state index contributed by atoms with van der Waals surface area (Å²) in [6.07, 6.45) is 1.49. The molecular weight excluding hydrogens is 404 g/mol. The van der Waals surface area contributed by atoms with Crippen molar-refractivity contribution in [2.24, 2.45) is 11.7 Å². The summed E-state index contributed by atoms with van der Waals surface area (Å²) in [5.41, 5.74) is 6.71. The predicted molar refractivity (Wildman–Crippen MR) is 115 cm³/mol. The summed E-state index contributed by atoms with van der Waals surface area (Å²) in [7, 11) is 0. The van der Waals surface area contributed by atoms with Gasteiger partial charge in [-0.15, -0.1) is 0 Å². The quantitative estimate of drug-likeness (QED) is 0.572. The molecule has 2 heterocycles. The smallest absolute Gasteiger partial charge is 0.248 e. The monoisotopic (exact) mass is 424 g/mol. The zero-order valence-electron chi connectivity index (χ0n) is 16.2. The Balaban J connectivity index is 1.27. The lowest BCUT2D eigenvalue weighted by atomic mass is 10.0. The summed E-state index contributed by atoms with van der Waals surface area (Å²) < 4.78 is 5.80. The first-order valence-corrected chi connectivity index (χ1v) is 9.89. The van der Waals surface area contributed by atoms with E-state index >= 15 is 0 Å². The number of hydrogen-bond acceptors (Lipinski definition) is 7. The van der Waals surface area contributed by atoms with Crippen molar-refractivity contribution in [1.29, 1.82) is 0 Å². The number of carbonyl (C=O) groups is 1. The van der Waals surface area contributed by atoms with Crippen LogP contribution in [-0.2, 0) is 6.54 Å². The molecule has 3 N–H and O–H groups in total. The van der Waals surface area contributed by atoms with Gasteiger partial charge in [0.1, 0.15) is 12.1 Å². The molecule has 0 radical (unpaired) electrons. The molecule has 1 aliphatic rings. The number of halogens is 1. The normalized spacial score (nSPS) is 13.6. The van der Waals surface area contributed by atoms with Crippen LogP contribution in [0.15, 0.2) is 54.9 Å². The molecule has 154 valence electrons. The molecule has 1 saturated heterocycles. The van der Waals surface area contributed by atoms with Crippen LogP contribution in [0, 0.1) is 5.92 Å². The first kappa shape index (κ1) is 19.9. The van der Waals surface area contributed by atoms with Gasteiger partial charge in [-0.1, -0.05) is 23.7 Å². The molecule has 1 aromatic heterocycles. The van der Waals surface area contributed by atoms with Crippen molar-refractivity contribution < 1.29 is 9.53 Å². The second kappa shape index (κ2) is 8.96. The van der Waals surface area contributed by atoms with Crippen molar-refractivity contribution in [1.82, 2.24) is 15.0 Å². The number of nitrogens with one attached hydrogen (secondary N) is 1. The summed E-state index contributed by atoms with van der Waals surface area (Å²) in [4.78, 5) is 26.3. The van der Waals surface area contributed by atoms with E-state index in [1.807, 2.05) is 30.3 Å². The van der Waals surface area contributed by atoms with Gasteiger partial charge in [0.15, 0.2) is 0 Å². The topological polar surface area (TPSA) is 106 Å². The Labute approximate surface area is 179 Å². The van der Waals surface area contributed by atoms with Gasteiger partial charge in [0, 0.05) is 36.1 Å². The highest BCUT2D eigenvalue weighted by Gasteiger charge is 2.29. The van der Waals surface area contributed by atoms with E-state index in [9.17, 15) is 4.79 Å². The third-order valence-corrected chi connectivity index (χ3v) is 5.01. The summed E-state index contributed by atoms with van der Waals surface area (Å²) in [5.74, 6) is 1.87. The molecule has 9 heteroatoms. The van der Waals surface area contributed by atoms with Crippen molar-refractivity contribution in [2.45, 2.75) is 6.54 Å². The van der Waals surface area contributed by atoms with Crippen LogP contribution >= 0.6 is 11.6 Å². The SMILES string of the molecule is NC(=O)c1cccc(CNc2ncnc(N3CC(COc4ccc(Cl)cc4)C3)n2)c1. The third-order valence-electron chi connectivity index (χ3n) is 4.76. The van der Waals surface area contributed by atoms with Crippen molar-refractivity contribution in [2.75, 3.05) is 29.9 Å². The Morgan fingerprint density at radius 3 is 2.77 bits per heavy atom. The van der Waals surface area contributed by atoms with Crippen molar-refractivity contribution in [3.63, 3.8) is 0 Å². The molecular formula is C21H21ClN6O2. The highest BCUT2D eigenvalue weighted by atomic mass is 35.5. The van der Waals surface area contributed by atoms with E-state index in [0.717, 1.165) is 24.4 Å².